The van der Waals surface area contributed by atoms with Crippen molar-refractivity contribution in [3.8, 4) is 0 Å². The molecule has 104 valence electrons. The molecule has 1 heterocycles. The Bertz CT molecular complexity index is 281. The molecule has 0 amide bonds. The lowest BCUT2D eigenvalue weighted by atomic mass is 9.96. The lowest BCUT2D eigenvalue weighted by Gasteiger charge is -2.21. The normalized spacial score (nSPS) is 29.0. The van der Waals surface area contributed by atoms with Gasteiger partial charge in [0.25, 0.3) is 0 Å². The van der Waals surface area contributed by atoms with Gasteiger partial charge >= 0.3 is 0 Å². The Morgan fingerprint density at radius 1 is 1.17 bits per heavy atom. The Labute approximate surface area is 114 Å². The Kier molecular flexibility index (Phi) is 6.25. The van der Waals surface area contributed by atoms with Gasteiger partial charge in [0.2, 0.25) is 0 Å². The van der Waals surface area contributed by atoms with E-state index in [2.05, 4.69) is 0 Å². The van der Waals surface area contributed by atoms with Gasteiger partial charge in [0.05, 0.1) is 12.9 Å². The van der Waals surface area contributed by atoms with E-state index in [4.69, 9.17) is 4.74 Å². The lowest BCUT2D eigenvalue weighted by Crippen LogP contribution is -2.18. The van der Waals surface area contributed by atoms with Crippen molar-refractivity contribution >= 4 is 10.8 Å². The van der Waals surface area contributed by atoms with Crippen LogP contribution in [0.1, 0.15) is 57.8 Å². The van der Waals surface area contributed by atoms with Crippen LogP contribution in [0.5, 0.6) is 0 Å². The Morgan fingerprint density at radius 3 is 2.61 bits per heavy atom. The lowest BCUT2D eigenvalue weighted by molar-refractivity contribution is 0.226. The minimum Gasteiger partial charge on any atom is -0.501 e. The first kappa shape index (κ1) is 14.1. The van der Waals surface area contributed by atoms with Crippen molar-refractivity contribution in [2.24, 2.45) is 5.92 Å². The van der Waals surface area contributed by atoms with Crippen LogP contribution in [0.2, 0.25) is 0 Å². The topological polar surface area (TPSA) is 26.3 Å². The van der Waals surface area contributed by atoms with Crippen molar-refractivity contribution in [3.05, 3.63) is 11.8 Å². The van der Waals surface area contributed by atoms with Gasteiger partial charge in [-0.1, -0.05) is 6.42 Å². The smallest absolute Gasteiger partial charge is 0.0873 e. The molecular formula is C15H26O2S. The largest absolute Gasteiger partial charge is 0.501 e. The number of hydrogen-bond acceptors (Lipinski definition) is 2. The van der Waals surface area contributed by atoms with E-state index >= 15 is 0 Å². The molecular weight excluding hydrogens is 244 g/mol. The van der Waals surface area contributed by atoms with E-state index in [1.165, 1.54) is 44.1 Å². The highest BCUT2D eigenvalue weighted by Gasteiger charge is 2.17. The molecule has 0 unspecified atom stereocenters. The predicted octanol–water partition coefficient (Wildman–Crippen LogP) is 3.79. The summed E-state index contributed by atoms with van der Waals surface area (Å²) in [5.41, 5.74) is 1.51. The predicted molar refractivity (Wildman–Crippen MR) is 77.0 cm³/mol. The van der Waals surface area contributed by atoms with Gasteiger partial charge in [-0.25, -0.2) is 0 Å². The minimum absolute atomic E-state index is 0.514. The molecule has 1 aliphatic carbocycles. The van der Waals surface area contributed by atoms with Crippen LogP contribution in [0.25, 0.3) is 0 Å². The molecule has 0 aromatic carbocycles. The summed E-state index contributed by atoms with van der Waals surface area (Å²) in [7, 11) is -0.514. The molecule has 0 aromatic rings. The molecule has 0 bridgehead atoms. The minimum atomic E-state index is -0.514. The van der Waals surface area contributed by atoms with Crippen LogP contribution in [0.15, 0.2) is 11.8 Å². The summed E-state index contributed by atoms with van der Waals surface area (Å²) in [5, 5.41) is 0. The zero-order valence-electron chi connectivity index (χ0n) is 11.4. The molecule has 2 aliphatic rings. The fourth-order valence-corrected chi connectivity index (χ4v) is 4.28. The number of rotatable bonds is 5. The zero-order chi connectivity index (χ0) is 12.6. The van der Waals surface area contributed by atoms with Crippen LogP contribution in [0, 0.1) is 5.92 Å². The van der Waals surface area contributed by atoms with Crippen molar-refractivity contribution in [3.63, 3.8) is 0 Å². The van der Waals surface area contributed by atoms with E-state index < -0.39 is 10.8 Å². The van der Waals surface area contributed by atoms with Gasteiger partial charge in [-0.15, -0.1) is 0 Å². The molecule has 0 atom stereocenters. The van der Waals surface area contributed by atoms with E-state index in [9.17, 15) is 4.21 Å². The SMILES string of the molecule is O=S1CCC(CCCOC=C2CCCCC2)CC1. The highest BCUT2D eigenvalue weighted by Crippen LogP contribution is 2.23. The molecule has 0 radical (unpaired) electrons. The van der Waals surface area contributed by atoms with Crippen molar-refractivity contribution in [1.82, 2.24) is 0 Å². The molecule has 1 saturated carbocycles. The third-order valence-corrected chi connectivity index (χ3v) is 5.51. The summed E-state index contributed by atoms with van der Waals surface area (Å²) in [6, 6.07) is 0. The molecule has 3 heteroatoms. The summed E-state index contributed by atoms with van der Waals surface area (Å²) < 4.78 is 16.9. The van der Waals surface area contributed by atoms with Gasteiger partial charge in [-0.05, 0) is 62.9 Å². The van der Waals surface area contributed by atoms with Gasteiger partial charge < -0.3 is 4.74 Å². The van der Waals surface area contributed by atoms with Gasteiger partial charge in [-0.2, -0.15) is 0 Å². The number of ether oxygens (including phenoxy) is 1. The van der Waals surface area contributed by atoms with E-state index in [1.807, 2.05) is 6.26 Å². The summed E-state index contributed by atoms with van der Waals surface area (Å²) >= 11 is 0. The monoisotopic (exact) mass is 270 g/mol. The average Bonchev–Trinajstić information content (AvgIpc) is 2.42. The third kappa shape index (κ3) is 5.13. The van der Waals surface area contributed by atoms with Crippen LogP contribution in [-0.4, -0.2) is 22.3 Å². The van der Waals surface area contributed by atoms with E-state index in [0.717, 1.165) is 43.3 Å². The Balaban J connectivity index is 1.52. The molecule has 2 nitrogen and oxygen atoms in total. The quantitative estimate of drug-likeness (QED) is 0.561. The first-order valence-corrected chi connectivity index (χ1v) is 8.98. The van der Waals surface area contributed by atoms with E-state index in [-0.39, 0.29) is 0 Å². The highest BCUT2D eigenvalue weighted by molar-refractivity contribution is 7.85. The maximum Gasteiger partial charge on any atom is 0.0873 e. The third-order valence-electron chi connectivity index (χ3n) is 4.13. The van der Waals surface area contributed by atoms with Gasteiger partial charge in [-0.3, -0.25) is 4.21 Å². The maximum atomic E-state index is 11.2. The van der Waals surface area contributed by atoms with Crippen molar-refractivity contribution < 1.29 is 8.95 Å². The Hall–Kier alpha value is -0.310. The van der Waals surface area contributed by atoms with Crippen LogP contribution >= 0.6 is 0 Å². The van der Waals surface area contributed by atoms with Crippen LogP contribution in [-0.2, 0) is 15.5 Å². The molecule has 18 heavy (non-hydrogen) atoms. The summed E-state index contributed by atoms with van der Waals surface area (Å²) in [5.74, 6) is 2.65. The second-order valence-corrected chi connectivity index (χ2v) is 7.34. The molecule has 2 rings (SSSR count). The fraction of sp³-hybridized carbons (Fsp3) is 0.867. The number of hydrogen-bond donors (Lipinski definition) is 0. The van der Waals surface area contributed by atoms with Crippen LogP contribution in [0.4, 0.5) is 0 Å². The molecule has 1 aliphatic heterocycles. The second-order valence-electron chi connectivity index (χ2n) is 5.64. The zero-order valence-corrected chi connectivity index (χ0v) is 12.2. The molecule has 2 fully saturated rings. The summed E-state index contributed by atoms with van der Waals surface area (Å²) in [6.07, 6.45) is 13.3. The molecule has 0 aromatic heterocycles. The molecule has 1 saturated heterocycles. The highest BCUT2D eigenvalue weighted by atomic mass is 32.2. The van der Waals surface area contributed by atoms with Crippen molar-refractivity contribution in [1.29, 1.82) is 0 Å². The summed E-state index contributed by atoms with van der Waals surface area (Å²) in [4.78, 5) is 0. The standard InChI is InChI=1S/C15H26O2S/c16-18-11-8-14(9-12-18)7-4-10-17-13-15-5-2-1-3-6-15/h13-14H,1-12H2. The fourth-order valence-electron chi connectivity index (χ4n) is 2.89. The first-order valence-electron chi connectivity index (χ1n) is 7.49. The number of allylic oxidation sites excluding steroid dienone is 1. The van der Waals surface area contributed by atoms with Gasteiger partial charge in [0.15, 0.2) is 0 Å². The van der Waals surface area contributed by atoms with Gasteiger partial charge in [0.1, 0.15) is 0 Å². The van der Waals surface area contributed by atoms with E-state index in [1.54, 1.807) is 0 Å². The molecule has 0 N–H and O–H groups in total. The first-order chi connectivity index (χ1) is 8.84. The van der Waals surface area contributed by atoms with Gasteiger partial charge in [0, 0.05) is 22.3 Å². The van der Waals surface area contributed by atoms with Crippen molar-refractivity contribution in [2.45, 2.75) is 57.8 Å². The maximum absolute atomic E-state index is 11.2. The van der Waals surface area contributed by atoms with Crippen LogP contribution < -0.4 is 0 Å². The van der Waals surface area contributed by atoms with Crippen molar-refractivity contribution in [2.75, 3.05) is 18.1 Å². The summed E-state index contributed by atoms with van der Waals surface area (Å²) in [6.45, 7) is 0.864. The second kappa shape index (κ2) is 7.98. The average molecular weight is 270 g/mol. The van der Waals surface area contributed by atoms with Crippen LogP contribution in [0.3, 0.4) is 0 Å². The Morgan fingerprint density at radius 2 is 1.89 bits per heavy atom. The van der Waals surface area contributed by atoms with E-state index in [0.29, 0.717) is 0 Å². The molecule has 0 spiro atoms.